The summed E-state index contributed by atoms with van der Waals surface area (Å²) in [5.74, 6) is 0.194. The van der Waals surface area contributed by atoms with Gasteiger partial charge in [-0.3, -0.25) is 0 Å². The smallest absolute Gasteiger partial charge is 0.338 e. The number of hydrogen-bond donors (Lipinski definition) is 0. The number of hydrogen-bond acceptors (Lipinski definition) is 0. The van der Waals surface area contributed by atoms with Gasteiger partial charge in [-0.25, -0.2) is 0 Å². The minimum Gasteiger partial charge on any atom is -0.341 e. The first-order valence-electron chi connectivity index (χ1n) is 3.86. The highest BCUT2D eigenvalue weighted by Gasteiger charge is 2.22. The molecule has 10 heavy (non-hydrogen) atoms. The molecule has 2 aliphatic rings. The van der Waals surface area contributed by atoms with E-state index in [1.54, 1.807) is 0 Å². The number of rotatable bonds is 1. The molecule has 0 nitrogen and oxygen atoms in total. The van der Waals surface area contributed by atoms with E-state index >= 15 is 0 Å². The molecule has 2 heteroatoms. The first-order valence-corrected chi connectivity index (χ1v) is 3.86. The molecule has 0 spiro atoms. The first kappa shape index (κ1) is 6.20. The van der Waals surface area contributed by atoms with E-state index in [0.29, 0.717) is 0 Å². The summed E-state index contributed by atoms with van der Waals surface area (Å²) < 4.78 is 12.1. The van der Waals surface area contributed by atoms with Gasteiger partial charge in [-0.15, -0.1) is 0 Å². The quantitative estimate of drug-likeness (QED) is 0.484. The molecule has 2 aliphatic carbocycles. The van der Waals surface area contributed by atoms with E-state index in [2.05, 4.69) is 12.2 Å². The van der Waals surface area contributed by atoms with Crippen LogP contribution in [0.4, 0.5) is 4.32 Å². The Morgan fingerprint density at radius 3 is 2.70 bits per heavy atom. The van der Waals surface area contributed by atoms with Crippen LogP contribution in [0.15, 0.2) is 23.3 Å². The van der Waals surface area contributed by atoms with Gasteiger partial charge in [-0.2, -0.15) is 0 Å². The predicted octanol–water partition coefficient (Wildman–Crippen LogP) is 2.15. The molecule has 0 N–H and O–H groups in total. The maximum absolute atomic E-state index is 12.1. The lowest BCUT2D eigenvalue weighted by Gasteiger charge is -2.27. The van der Waals surface area contributed by atoms with Crippen LogP contribution in [0.2, 0.25) is 5.82 Å². The lowest BCUT2D eigenvalue weighted by Crippen LogP contribution is -2.10. The Bertz CT molecular complexity index is 205. The minimum absolute atomic E-state index is 0.187. The van der Waals surface area contributed by atoms with Crippen molar-refractivity contribution in [2.45, 2.75) is 25.1 Å². The molecule has 0 aromatic heterocycles. The van der Waals surface area contributed by atoms with Gasteiger partial charge in [-0.05, 0) is 36.2 Å². The van der Waals surface area contributed by atoms with E-state index in [0.717, 1.165) is 6.42 Å². The van der Waals surface area contributed by atoms with Crippen molar-refractivity contribution in [3.05, 3.63) is 23.3 Å². The van der Waals surface area contributed by atoms with E-state index in [4.69, 9.17) is 0 Å². The summed E-state index contributed by atoms with van der Waals surface area (Å²) in [4.78, 5) is 0. The second kappa shape index (κ2) is 2.26. The molecule has 0 radical (unpaired) electrons. The van der Waals surface area contributed by atoms with E-state index in [-0.39, 0.29) is 13.4 Å². The highest BCUT2D eigenvalue weighted by Crippen LogP contribution is 2.39. The third-order valence-electron chi connectivity index (χ3n) is 2.38. The Labute approximate surface area is 61.1 Å². The maximum Gasteiger partial charge on any atom is 0.338 e. The van der Waals surface area contributed by atoms with Gasteiger partial charge in [0, 0.05) is 0 Å². The second-order valence-electron chi connectivity index (χ2n) is 3.07. The van der Waals surface area contributed by atoms with Crippen molar-refractivity contribution < 1.29 is 4.32 Å². The Morgan fingerprint density at radius 1 is 1.40 bits per heavy atom. The molecule has 0 saturated heterocycles. The predicted molar refractivity (Wildman–Crippen MR) is 42.0 cm³/mol. The highest BCUT2D eigenvalue weighted by molar-refractivity contribution is 6.29. The van der Waals surface area contributed by atoms with Gasteiger partial charge in [0.15, 0.2) is 0 Å². The molecule has 0 bridgehead atoms. The Balaban J connectivity index is 2.13. The lowest BCUT2D eigenvalue weighted by atomic mass is 9.70. The van der Waals surface area contributed by atoms with Crippen LogP contribution >= 0.6 is 0 Å². The molecule has 0 unspecified atom stereocenters. The van der Waals surface area contributed by atoms with Crippen LogP contribution in [0.5, 0.6) is 0 Å². The Morgan fingerprint density at radius 2 is 2.20 bits per heavy atom. The fourth-order valence-electron chi connectivity index (χ4n) is 1.59. The van der Waals surface area contributed by atoms with Gasteiger partial charge in [0.2, 0.25) is 0 Å². The summed E-state index contributed by atoms with van der Waals surface area (Å²) in [6.07, 6.45) is 7.64. The minimum atomic E-state index is -0.187. The van der Waals surface area contributed by atoms with Crippen molar-refractivity contribution >= 4 is 7.56 Å². The molecular formula is C8H10BF. The average Bonchev–Trinajstić information content (AvgIpc) is 1.92. The van der Waals surface area contributed by atoms with Gasteiger partial charge in [0.1, 0.15) is 0 Å². The van der Waals surface area contributed by atoms with Crippen molar-refractivity contribution in [2.75, 3.05) is 0 Å². The largest absolute Gasteiger partial charge is 0.341 e. The molecular weight excluding hydrogens is 126 g/mol. The molecule has 1 atom stereocenters. The van der Waals surface area contributed by atoms with E-state index in [9.17, 15) is 4.32 Å². The number of halogens is 1. The number of fused-ring (bicyclic) bond motifs is 1. The second-order valence-corrected chi connectivity index (χ2v) is 3.07. The van der Waals surface area contributed by atoms with Crippen LogP contribution in [0.1, 0.15) is 19.3 Å². The summed E-state index contributed by atoms with van der Waals surface area (Å²) in [7, 11) is -0.187. The third-order valence-corrected chi connectivity index (χ3v) is 2.38. The molecule has 1 fully saturated rings. The summed E-state index contributed by atoms with van der Waals surface area (Å²) in [6.45, 7) is 0. The first-order chi connectivity index (χ1) is 4.90. The topological polar surface area (TPSA) is 0 Å². The fraction of sp³-hybridized carbons (Fsp3) is 0.500. The van der Waals surface area contributed by atoms with Crippen LogP contribution in [-0.4, -0.2) is 7.56 Å². The summed E-state index contributed by atoms with van der Waals surface area (Å²) >= 11 is 0. The molecule has 0 aromatic carbocycles. The van der Waals surface area contributed by atoms with Crippen molar-refractivity contribution in [1.29, 1.82) is 0 Å². The molecule has 0 aromatic rings. The van der Waals surface area contributed by atoms with Gasteiger partial charge in [0.25, 0.3) is 0 Å². The standard InChI is InChI=1S/C8H10BF/c10-9-8-4-3-6-1-2-7(6)5-8/h3,5,8-9H,1-2,4H2/t8-/m0/s1. The summed E-state index contributed by atoms with van der Waals surface area (Å²) in [6, 6.07) is 0. The van der Waals surface area contributed by atoms with Crippen molar-refractivity contribution in [3.8, 4) is 0 Å². The normalized spacial score (nSPS) is 29.5. The molecule has 52 valence electrons. The monoisotopic (exact) mass is 136 g/mol. The lowest BCUT2D eigenvalue weighted by molar-refractivity contribution is 0.750. The van der Waals surface area contributed by atoms with Crippen molar-refractivity contribution in [2.24, 2.45) is 0 Å². The zero-order chi connectivity index (χ0) is 6.97. The van der Waals surface area contributed by atoms with E-state index in [1.165, 1.54) is 24.0 Å². The maximum atomic E-state index is 12.1. The fourth-order valence-corrected chi connectivity index (χ4v) is 1.59. The highest BCUT2D eigenvalue weighted by atomic mass is 19.1. The summed E-state index contributed by atoms with van der Waals surface area (Å²) in [5.41, 5.74) is 2.89. The van der Waals surface area contributed by atoms with Crippen LogP contribution in [0.3, 0.4) is 0 Å². The SMILES string of the molecule is FB[C@@H]1C=C2CCC2=CC1. The molecule has 0 aliphatic heterocycles. The van der Waals surface area contributed by atoms with Crippen molar-refractivity contribution in [1.82, 2.24) is 0 Å². The molecule has 0 heterocycles. The van der Waals surface area contributed by atoms with Gasteiger partial charge in [0.05, 0.1) is 0 Å². The van der Waals surface area contributed by atoms with E-state index < -0.39 is 0 Å². The molecule has 2 rings (SSSR count). The van der Waals surface area contributed by atoms with Crippen LogP contribution in [-0.2, 0) is 0 Å². The van der Waals surface area contributed by atoms with Crippen LogP contribution < -0.4 is 0 Å². The summed E-state index contributed by atoms with van der Waals surface area (Å²) in [5, 5.41) is 0. The van der Waals surface area contributed by atoms with Crippen molar-refractivity contribution in [3.63, 3.8) is 0 Å². The third kappa shape index (κ3) is 0.826. The zero-order valence-corrected chi connectivity index (χ0v) is 5.94. The van der Waals surface area contributed by atoms with Gasteiger partial charge < -0.3 is 4.32 Å². The Kier molecular flexibility index (Phi) is 1.40. The van der Waals surface area contributed by atoms with Gasteiger partial charge in [-0.1, -0.05) is 12.2 Å². The average molecular weight is 136 g/mol. The Hall–Kier alpha value is -0.525. The zero-order valence-electron chi connectivity index (χ0n) is 5.94. The van der Waals surface area contributed by atoms with Gasteiger partial charge >= 0.3 is 7.56 Å². The van der Waals surface area contributed by atoms with E-state index in [1.807, 2.05) is 0 Å². The number of allylic oxidation sites excluding steroid dienone is 4. The van der Waals surface area contributed by atoms with Crippen LogP contribution in [0, 0.1) is 0 Å². The molecule has 1 saturated carbocycles. The molecule has 0 amide bonds. The van der Waals surface area contributed by atoms with Crippen LogP contribution in [0.25, 0.3) is 0 Å².